The van der Waals surface area contributed by atoms with Gasteiger partial charge in [-0.15, -0.1) is 0 Å². The van der Waals surface area contributed by atoms with E-state index in [0.29, 0.717) is 5.92 Å². The standard InChI is InChI=1S/C10H12N4/c1-2-9-10(13-6-12-9)14-8(1)7-3-4-11-5-7/h1-2,6-7,11H,3-5H2,(H,12,13,14). The summed E-state index contributed by atoms with van der Waals surface area (Å²) in [4.78, 5) is 11.7. The van der Waals surface area contributed by atoms with E-state index >= 15 is 0 Å². The molecule has 3 rings (SSSR count). The van der Waals surface area contributed by atoms with Crippen molar-refractivity contribution < 1.29 is 0 Å². The molecule has 0 bridgehead atoms. The lowest BCUT2D eigenvalue weighted by molar-refractivity contribution is 0.738. The van der Waals surface area contributed by atoms with Crippen LogP contribution in [0.1, 0.15) is 18.0 Å². The second-order valence-electron chi connectivity index (χ2n) is 3.70. The number of nitrogens with zero attached hydrogens (tertiary/aromatic N) is 2. The average Bonchev–Trinajstić information content (AvgIpc) is 2.88. The first kappa shape index (κ1) is 7.94. The molecule has 2 N–H and O–H groups in total. The molecular weight excluding hydrogens is 176 g/mol. The lowest BCUT2D eigenvalue weighted by atomic mass is 10.0. The number of fused-ring (bicyclic) bond motifs is 1. The third kappa shape index (κ3) is 1.19. The van der Waals surface area contributed by atoms with Gasteiger partial charge >= 0.3 is 0 Å². The molecule has 1 unspecified atom stereocenters. The first-order chi connectivity index (χ1) is 6.93. The molecule has 2 aromatic heterocycles. The third-order valence-corrected chi connectivity index (χ3v) is 2.78. The summed E-state index contributed by atoms with van der Waals surface area (Å²) in [7, 11) is 0. The van der Waals surface area contributed by atoms with Crippen LogP contribution in [0.25, 0.3) is 11.2 Å². The van der Waals surface area contributed by atoms with Gasteiger partial charge in [-0.25, -0.2) is 9.97 Å². The van der Waals surface area contributed by atoms with E-state index in [1.165, 1.54) is 6.42 Å². The van der Waals surface area contributed by atoms with Crippen LogP contribution in [0.3, 0.4) is 0 Å². The molecule has 1 aliphatic rings. The van der Waals surface area contributed by atoms with Gasteiger partial charge in [-0.1, -0.05) is 0 Å². The summed E-state index contributed by atoms with van der Waals surface area (Å²) in [5, 5.41) is 3.34. The maximum absolute atomic E-state index is 4.53. The lowest BCUT2D eigenvalue weighted by Gasteiger charge is -2.06. The van der Waals surface area contributed by atoms with E-state index < -0.39 is 0 Å². The minimum Gasteiger partial charge on any atom is -0.343 e. The number of aromatic nitrogens is 3. The number of H-pyrrole nitrogens is 1. The first-order valence-electron chi connectivity index (χ1n) is 4.94. The Labute approximate surface area is 81.8 Å². The topological polar surface area (TPSA) is 53.6 Å². The van der Waals surface area contributed by atoms with Gasteiger partial charge in [-0.3, -0.25) is 0 Å². The van der Waals surface area contributed by atoms with E-state index in [1.807, 2.05) is 0 Å². The molecule has 2 aromatic rings. The van der Waals surface area contributed by atoms with Crippen LogP contribution in [-0.2, 0) is 0 Å². The van der Waals surface area contributed by atoms with Crippen molar-refractivity contribution in [1.29, 1.82) is 0 Å². The summed E-state index contributed by atoms with van der Waals surface area (Å²) in [5.74, 6) is 0.566. The molecule has 0 aromatic carbocycles. The maximum Gasteiger partial charge on any atom is 0.177 e. The monoisotopic (exact) mass is 188 g/mol. The zero-order valence-corrected chi connectivity index (χ0v) is 7.83. The summed E-state index contributed by atoms with van der Waals surface area (Å²) in [6, 6.07) is 4.15. The molecule has 1 saturated heterocycles. The molecule has 4 heteroatoms. The first-order valence-corrected chi connectivity index (χ1v) is 4.94. The smallest absolute Gasteiger partial charge is 0.177 e. The summed E-state index contributed by atoms with van der Waals surface area (Å²) in [6.45, 7) is 2.15. The largest absolute Gasteiger partial charge is 0.343 e. The van der Waals surface area contributed by atoms with Crippen LogP contribution >= 0.6 is 0 Å². The summed E-state index contributed by atoms with van der Waals surface area (Å²) in [5.41, 5.74) is 3.00. The third-order valence-electron chi connectivity index (χ3n) is 2.78. The van der Waals surface area contributed by atoms with Crippen molar-refractivity contribution in [2.45, 2.75) is 12.3 Å². The number of nitrogens with one attached hydrogen (secondary N) is 2. The Morgan fingerprint density at radius 1 is 1.36 bits per heavy atom. The Morgan fingerprint density at radius 2 is 2.36 bits per heavy atom. The highest BCUT2D eigenvalue weighted by molar-refractivity contribution is 5.69. The molecule has 14 heavy (non-hydrogen) atoms. The van der Waals surface area contributed by atoms with Crippen LogP contribution in [0.2, 0.25) is 0 Å². The zero-order valence-electron chi connectivity index (χ0n) is 7.83. The fourth-order valence-electron chi connectivity index (χ4n) is 1.97. The summed E-state index contributed by atoms with van der Waals surface area (Å²) < 4.78 is 0. The molecule has 1 atom stereocenters. The van der Waals surface area contributed by atoms with E-state index in [2.05, 4.69) is 32.4 Å². The molecule has 0 saturated carbocycles. The molecule has 0 spiro atoms. The zero-order chi connectivity index (χ0) is 9.38. The van der Waals surface area contributed by atoms with Crippen molar-refractivity contribution in [2.75, 3.05) is 13.1 Å². The number of aromatic amines is 1. The van der Waals surface area contributed by atoms with Gasteiger partial charge in [0.25, 0.3) is 0 Å². The van der Waals surface area contributed by atoms with E-state index in [9.17, 15) is 0 Å². The van der Waals surface area contributed by atoms with Gasteiger partial charge in [0.2, 0.25) is 0 Å². The average molecular weight is 188 g/mol. The van der Waals surface area contributed by atoms with E-state index in [4.69, 9.17) is 0 Å². The van der Waals surface area contributed by atoms with Crippen LogP contribution in [0, 0.1) is 0 Å². The predicted octanol–water partition coefficient (Wildman–Crippen LogP) is 1.03. The molecule has 0 radical (unpaired) electrons. The van der Waals surface area contributed by atoms with Gasteiger partial charge in [0.1, 0.15) is 0 Å². The normalized spacial score (nSPS) is 21.9. The number of pyridine rings is 1. The molecule has 4 nitrogen and oxygen atoms in total. The fourth-order valence-corrected chi connectivity index (χ4v) is 1.97. The van der Waals surface area contributed by atoms with Crippen molar-refractivity contribution >= 4 is 11.2 Å². The molecule has 1 fully saturated rings. The Bertz CT molecular complexity index is 442. The molecule has 0 amide bonds. The SMILES string of the molecule is c1nc2nc(C3CCNC3)ccc2[nH]1. The quantitative estimate of drug-likeness (QED) is 0.703. The molecule has 72 valence electrons. The summed E-state index contributed by atoms with van der Waals surface area (Å²) >= 11 is 0. The van der Waals surface area contributed by atoms with Crippen molar-refractivity contribution in [3.05, 3.63) is 24.2 Å². The Kier molecular flexibility index (Phi) is 1.73. The number of hydrogen-bond acceptors (Lipinski definition) is 3. The molecule has 3 heterocycles. The van der Waals surface area contributed by atoms with Gasteiger partial charge in [0.05, 0.1) is 11.8 Å². The van der Waals surface area contributed by atoms with Crippen molar-refractivity contribution in [3.63, 3.8) is 0 Å². The van der Waals surface area contributed by atoms with Crippen LogP contribution in [-0.4, -0.2) is 28.0 Å². The number of hydrogen-bond donors (Lipinski definition) is 2. The fraction of sp³-hybridized carbons (Fsp3) is 0.400. The van der Waals surface area contributed by atoms with Crippen molar-refractivity contribution in [3.8, 4) is 0 Å². The van der Waals surface area contributed by atoms with E-state index in [-0.39, 0.29) is 0 Å². The molecule has 0 aliphatic carbocycles. The number of imidazole rings is 1. The predicted molar refractivity (Wildman–Crippen MR) is 54.1 cm³/mol. The Morgan fingerprint density at radius 3 is 3.21 bits per heavy atom. The lowest BCUT2D eigenvalue weighted by Crippen LogP contribution is -2.08. The number of rotatable bonds is 1. The van der Waals surface area contributed by atoms with E-state index in [0.717, 1.165) is 29.9 Å². The second kappa shape index (κ2) is 3.06. The van der Waals surface area contributed by atoms with Gasteiger partial charge in [0.15, 0.2) is 5.65 Å². The van der Waals surface area contributed by atoms with E-state index in [1.54, 1.807) is 6.33 Å². The van der Waals surface area contributed by atoms with Crippen molar-refractivity contribution in [2.24, 2.45) is 0 Å². The van der Waals surface area contributed by atoms with Gasteiger partial charge in [-0.2, -0.15) is 0 Å². The van der Waals surface area contributed by atoms with Crippen LogP contribution in [0.4, 0.5) is 0 Å². The summed E-state index contributed by atoms with van der Waals surface area (Å²) in [6.07, 6.45) is 2.87. The Balaban J connectivity index is 2.04. The Hall–Kier alpha value is -1.42. The maximum atomic E-state index is 4.53. The minimum absolute atomic E-state index is 0.566. The van der Waals surface area contributed by atoms with Gasteiger partial charge in [0, 0.05) is 18.2 Å². The van der Waals surface area contributed by atoms with Crippen LogP contribution in [0.5, 0.6) is 0 Å². The van der Waals surface area contributed by atoms with Crippen LogP contribution < -0.4 is 5.32 Å². The molecular formula is C10H12N4. The highest BCUT2D eigenvalue weighted by Gasteiger charge is 2.18. The molecule has 1 aliphatic heterocycles. The highest BCUT2D eigenvalue weighted by atomic mass is 15.0. The van der Waals surface area contributed by atoms with Crippen molar-refractivity contribution in [1.82, 2.24) is 20.3 Å². The van der Waals surface area contributed by atoms with Gasteiger partial charge in [-0.05, 0) is 25.1 Å². The second-order valence-corrected chi connectivity index (χ2v) is 3.70. The van der Waals surface area contributed by atoms with Gasteiger partial charge < -0.3 is 10.3 Å². The van der Waals surface area contributed by atoms with Crippen LogP contribution in [0.15, 0.2) is 18.5 Å². The highest BCUT2D eigenvalue weighted by Crippen LogP contribution is 2.21. The minimum atomic E-state index is 0.566.